The van der Waals surface area contributed by atoms with Crippen molar-refractivity contribution in [2.45, 2.75) is 26.1 Å². The van der Waals surface area contributed by atoms with Gasteiger partial charge in [-0.2, -0.15) is 13.2 Å². The van der Waals surface area contributed by atoms with Crippen LogP contribution in [0.1, 0.15) is 25.5 Å². The fraction of sp³-hybridized carbons (Fsp3) is 0.500. The lowest BCUT2D eigenvalue weighted by Gasteiger charge is -2.29. The molecule has 1 aromatic carbocycles. The number of ether oxygens (including phenoxy) is 1. The van der Waals surface area contributed by atoms with Crippen LogP contribution >= 0.6 is 0 Å². The Balaban J connectivity index is 2.34. The summed E-state index contributed by atoms with van der Waals surface area (Å²) in [6.07, 6.45) is -4.50. The van der Waals surface area contributed by atoms with Crippen LogP contribution in [0.4, 0.5) is 13.2 Å². The van der Waals surface area contributed by atoms with Crippen molar-refractivity contribution < 1.29 is 22.7 Å². The maximum atomic E-state index is 13.4. The molecule has 1 aliphatic heterocycles. The number of hydrogen-bond donors (Lipinski definition) is 1. The summed E-state index contributed by atoms with van der Waals surface area (Å²) in [4.78, 5) is 11.7. The lowest BCUT2D eigenvalue weighted by atomic mass is 9.93. The lowest BCUT2D eigenvalue weighted by molar-refractivity contribution is -0.191. The van der Waals surface area contributed by atoms with Crippen molar-refractivity contribution in [3.8, 4) is 5.75 Å². The van der Waals surface area contributed by atoms with E-state index in [1.165, 1.54) is 31.4 Å². The molecule has 0 saturated carbocycles. The number of rotatable bonds is 3. The SMILES string of the molecule is COc1ccc([C@H](N2CC(C)(C)C(=O)N2)C(F)(F)F)cc1. The lowest BCUT2D eigenvalue weighted by Crippen LogP contribution is -2.43. The van der Waals surface area contributed by atoms with E-state index in [4.69, 9.17) is 4.74 Å². The van der Waals surface area contributed by atoms with Gasteiger partial charge in [0.1, 0.15) is 11.8 Å². The summed E-state index contributed by atoms with van der Waals surface area (Å²) in [6.45, 7) is 3.22. The van der Waals surface area contributed by atoms with Crippen molar-refractivity contribution in [1.82, 2.24) is 10.4 Å². The van der Waals surface area contributed by atoms with E-state index in [-0.39, 0.29) is 12.1 Å². The Morgan fingerprint density at radius 1 is 1.29 bits per heavy atom. The van der Waals surface area contributed by atoms with Gasteiger partial charge in [0.2, 0.25) is 5.91 Å². The standard InChI is InChI=1S/C14H17F3N2O2/c1-13(2)8-19(18-12(13)20)11(14(15,16)17)9-4-6-10(21-3)7-5-9/h4-7,11H,8H2,1-3H3,(H,18,20)/t11-/m0/s1. The number of nitrogens with zero attached hydrogens (tertiary/aromatic N) is 1. The van der Waals surface area contributed by atoms with Crippen molar-refractivity contribution >= 4 is 5.91 Å². The number of carbonyl (C=O) groups is 1. The van der Waals surface area contributed by atoms with E-state index in [2.05, 4.69) is 5.43 Å². The van der Waals surface area contributed by atoms with Crippen LogP contribution in [0.15, 0.2) is 24.3 Å². The second-order valence-electron chi connectivity index (χ2n) is 5.67. The molecule has 0 bridgehead atoms. The summed E-state index contributed by atoms with van der Waals surface area (Å²) in [5, 5.41) is 0.949. The van der Waals surface area contributed by atoms with Gasteiger partial charge in [0, 0.05) is 6.54 Å². The van der Waals surface area contributed by atoms with Gasteiger partial charge in [-0.3, -0.25) is 10.2 Å². The minimum Gasteiger partial charge on any atom is -0.497 e. The number of nitrogens with one attached hydrogen (secondary N) is 1. The van der Waals surface area contributed by atoms with E-state index >= 15 is 0 Å². The van der Waals surface area contributed by atoms with Gasteiger partial charge in [-0.25, -0.2) is 5.01 Å². The third kappa shape index (κ3) is 3.12. The molecule has 7 heteroatoms. The molecule has 1 N–H and O–H groups in total. The molecule has 1 heterocycles. The first-order valence-corrected chi connectivity index (χ1v) is 6.43. The molecular formula is C14H17F3N2O2. The van der Waals surface area contributed by atoms with E-state index in [1.54, 1.807) is 13.8 Å². The Hall–Kier alpha value is -1.76. The fourth-order valence-corrected chi connectivity index (χ4v) is 2.31. The van der Waals surface area contributed by atoms with Crippen molar-refractivity contribution in [3.05, 3.63) is 29.8 Å². The normalized spacial score (nSPS) is 20.2. The van der Waals surface area contributed by atoms with Gasteiger partial charge >= 0.3 is 6.18 Å². The molecule has 21 heavy (non-hydrogen) atoms. The van der Waals surface area contributed by atoms with Gasteiger partial charge in [-0.1, -0.05) is 12.1 Å². The number of halogens is 3. The van der Waals surface area contributed by atoms with E-state index in [0.717, 1.165) is 5.01 Å². The second-order valence-corrected chi connectivity index (χ2v) is 5.67. The molecule has 1 fully saturated rings. The zero-order valence-electron chi connectivity index (χ0n) is 12.0. The first kappa shape index (κ1) is 15.6. The Kier molecular flexibility index (Phi) is 3.88. The first-order valence-electron chi connectivity index (χ1n) is 6.43. The number of carbonyl (C=O) groups excluding carboxylic acids is 1. The molecule has 0 radical (unpaired) electrons. The Labute approximate surface area is 120 Å². The Morgan fingerprint density at radius 3 is 2.24 bits per heavy atom. The van der Waals surface area contributed by atoms with Crippen LogP contribution in [0.3, 0.4) is 0 Å². The minimum absolute atomic E-state index is 0.0119. The van der Waals surface area contributed by atoms with Gasteiger partial charge in [-0.15, -0.1) is 0 Å². The highest BCUT2D eigenvalue weighted by atomic mass is 19.4. The van der Waals surface area contributed by atoms with Gasteiger partial charge < -0.3 is 4.74 Å². The van der Waals surface area contributed by atoms with Crippen molar-refractivity contribution in [3.63, 3.8) is 0 Å². The van der Waals surface area contributed by atoms with Crippen molar-refractivity contribution in [1.29, 1.82) is 0 Å². The highest BCUT2D eigenvalue weighted by Gasteiger charge is 2.51. The molecule has 2 rings (SSSR count). The number of amides is 1. The molecular weight excluding hydrogens is 285 g/mol. The molecule has 1 atom stereocenters. The smallest absolute Gasteiger partial charge is 0.409 e. The predicted octanol–water partition coefficient (Wildman–Crippen LogP) is 2.67. The van der Waals surface area contributed by atoms with Crippen molar-refractivity contribution in [2.24, 2.45) is 5.41 Å². The third-order valence-corrected chi connectivity index (χ3v) is 3.48. The van der Waals surface area contributed by atoms with E-state index < -0.39 is 23.5 Å². The summed E-state index contributed by atoms with van der Waals surface area (Å²) < 4.78 is 45.1. The van der Waals surface area contributed by atoms with Gasteiger partial charge in [0.15, 0.2) is 0 Å². The zero-order valence-corrected chi connectivity index (χ0v) is 12.0. The molecule has 4 nitrogen and oxygen atoms in total. The number of benzene rings is 1. The Bertz CT molecular complexity index is 526. The number of methoxy groups -OCH3 is 1. The number of hydrazine groups is 1. The number of hydrogen-bond acceptors (Lipinski definition) is 3. The largest absolute Gasteiger partial charge is 0.497 e. The van der Waals surface area contributed by atoms with E-state index in [9.17, 15) is 18.0 Å². The molecule has 1 aromatic rings. The van der Waals surface area contributed by atoms with Crippen LogP contribution in [0.2, 0.25) is 0 Å². The summed E-state index contributed by atoms with van der Waals surface area (Å²) in [5.74, 6) is 0.0655. The highest BCUT2D eigenvalue weighted by Crippen LogP contribution is 2.40. The molecule has 1 saturated heterocycles. The molecule has 0 spiro atoms. The minimum atomic E-state index is -4.50. The topological polar surface area (TPSA) is 41.6 Å². The quantitative estimate of drug-likeness (QED) is 0.933. The van der Waals surface area contributed by atoms with Crippen LogP contribution in [-0.2, 0) is 4.79 Å². The number of alkyl halides is 3. The molecule has 116 valence electrons. The monoisotopic (exact) mass is 302 g/mol. The summed E-state index contributed by atoms with van der Waals surface area (Å²) in [7, 11) is 1.44. The average molecular weight is 302 g/mol. The zero-order chi connectivity index (χ0) is 15.8. The van der Waals surface area contributed by atoms with Crippen molar-refractivity contribution in [2.75, 3.05) is 13.7 Å². The average Bonchev–Trinajstić information content (AvgIpc) is 2.62. The second kappa shape index (κ2) is 5.22. The fourth-order valence-electron chi connectivity index (χ4n) is 2.31. The van der Waals surface area contributed by atoms with Gasteiger partial charge in [-0.05, 0) is 31.5 Å². The van der Waals surface area contributed by atoms with Crippen LogP contribution in [0, 0.1) is 5.41 Å². The summed E-state index contributed by atoms with van der Waals surface area (Å²) in [6, 6.07) is 3.77. The van der Waals surface area contributed by atoms with Crippen LogP contribution in [0.5, 0.6) is 5.75 Å². The molecule has 0 unspecified atom stereocenters. The molecule has 1 amide bonds. The first-order chi connectivity index (χ1) is 9.65. The van der Waals surface area contributed by atoms with E-state index in [1.807, 2.05) is 0 Å². The van der Waals surface area contributed by atoms with Crippen LogP contribution in [-0.4, -0.2) is 30.7 Å². The maximum Gasteiger partial charge on any atom is 0.409 e. The van der Waals surface area contributed by atoms with Gasteiger partial charge in [0.05, 0.1) is 12.5 Å². The molecule has 0 aromatic heterocycles. The summed E-state index contributed by atoms with van der Waals surface area (Å²) in [5.41, 5.74) is 1.53. The predicted molar refractivity (Wildman–Crippen MR) is 70.4 cm³/mol. The highest BCUT2D eigenvalue weighted by molar-refractivity contribution is 5.83. The van der Waals surface area contributed by atoms with Crippen LogP contribution in [0.25, 0.3) is 0 Å². The van der Waals surface area contributed by atoms with Crippen LogP contribution < -0.4 is 10.2 Å². The maximum absolute atomic E-state index is 13.4. The van der Waals surface area contributed by atoms with Gasteiger partial charge in [0.25, 0.3) is 0 Å². The summed E-state index contributed by atoms with van der Waals surface area (Å²) >= 11 is 0. The molecule has 1 aliphatic rings. The molecule has 0 aliphatic carbocycles. The van der Waals surface area contributed by atoms with E-state index in [0.29, 0.717) is 5.75 Å². The Morgan fingerprint density at radius 2 is 1.86 bits per heavy atom. The third-order valence-electron chi connectivity index (χ3n) is 3.48.